The van der Waals surface area contributed by atoms with Gasteiger partial charge >= 0.3 is 0 Å². The number of fused-ring (bicyclic) bond motifs is 6. The van der Waals surface area contributed by atoms with Gasteiger partial charge in [-0.3, -0.25) is 0 Å². The van der Waals surface area contributed by atoms with Crippen LogP contribution in [0, 0.1) is 0 Å². The van der Waals surface area contributed by atoms with E-state index < -0.39 is 0 Å². The van der Waals surface area contributed by atoms with Crippen LogP contribution in [0.1, 0.15) is 6.42 Å². The van der Waals surface area contributed by atoms with Crippen molar-refractivity contribution in [2.75, 3.05) is 13.2 Å². The highest BCUT2D eigenvalue weighted by molar-refractivity contribution is 5.63. The number of hydrogen-bond acceptors (Lipinski definition) is 5. The van der Waals surface area contributed by atoms with E-state index in [0.717, 1.165) is 29.2 Å². The van der Waals surface area contributed by atoms with Gasteiger partial charge in [-0.1, -0.05) is 24.3 Å². The van der Waals surface area contributed by atoms with Crippen LogP contribution >= 0.6 is 0 Å². The maximum absolute atomic E-state index is 5.82. The predicted octanol–water partition coefficient (Wildman–Crippen LogP) is 2.49. The summed E-state index contributed by atoms with van der Waals surface area (Å²) in [6.45, 7) is 1.15. The molecule has 0 amide bonds. The number of benzene rings is 2. The second kappa shape index (κ2) is 5.48. The molecular formula is C16H14N4O2. The molecule has 2 aromatic carbocycles. The van der Waals surface area contributed by atoms with Crippen LogP contribution in [0.3, 0.4) is 0 Å². The Labute approximate surface area is 127 Å². The smallest absolute Gasteiger partial charge is 0.209 e. The molecule has 2 bridgehead atoms. The topological polar surface area (TPSA) is 62.1 Å². The molecule has 6 heteroatoms. The lowest BCUT2D eigenvalue weighted by molar-refractivity contribution is 0.247. The van der Waals surface area contributed by atoms with E-state index in [2.05, 4.69) is 15.4 Å². The maximum Gasteiger partial charge on any atom is 0.209 e. The van der Waals surface area contributed by atoms with Crippen molar-refractivity contribution in [1.29, 1.82) is 0 Å². The van der Waals surface area contributed by atoms with Crippen LogP contribution in [-0.4, -0.2) is 33.4 Å². The summed E-state index contributed by atoms with van der Waals surface area (Å²) in [7, 11) is 0. The van der Waals surface area contributed by atoms with Gasteiger partial charge in [0.25, 0.3) is 0 Å². The van der Waals surface area contributed by atoms with Crippen molar-refractivity contribution < 1.29 is 9.47 Å². The Hall–Kier alpha value is -2.89. The summed E-state index contributed by atoms with van der Waals surface area (Å²) in [5.41, 5.74) is 1.62. The average Bonchev–Trinajstić information content (AvgIpc) is 3.04. The summed E-state index contributed by atoms with van der Waals surface area (Å²) in [5.74, 6) is 2.03. The highest BCUT2D eigenvalue weighted by Gasteiger charge is 2.15. The van der Waals surface area contributed by atoms with Crippen LogP contribution in [0.4, 0.5) is 0 Å². The van der Waals surface area contributed by atoms with Gasteiger partial charge in [-0.05, 0) is 29.5 Å². The van der Waals surface area contributed by atoms with Crippen molar-refractivity contribution in [2.45, 2.75) is 6.42 Å². The van der Waals surface area contributed by atoms with E-state index >= 15 is 0 Å². The Morgan fingerprint density at radius 1 is 0.864 bits per heavy atom. The fourth-order valence-electron chi connectivity index (χ4n) is 2.37. The molecule has 3 aromatic rings. The molecule has 1 aliphatic heterocycles. The Balaban J connectivity index is 1.86. The first-order valence-corrected chi connectivity index (χ1v) is 7.16. The molecule has 0 saturated heterocycles. The fraction of sp³-hybridized carbons (Fsp3) is 0.188. The lowest BCUT2D eigenvalue weighted by Crippen LogP contribution is -2.09. The normalized spacial score (nSPS) is 13.6. The first-order chi connectivity index (χ1) is 10.9. The number of aromatic nitrogens is 4. The Bertz CT molecular complexity index is 736. The number of nitrogens with zero attached hydrogens (tertiary/aromatic N) is 4. The molecule has 1 aromatic heterocycles. The van der Waals surface area contributed by atoms with Crippen LogP contribution in [0.5, 0.6) is 11.5 Å². The number of rotatable bonds is 0. The predicted molar refractivity (Wildman–Crippen MR) is 80.2 cm³/mol. The number of hydrogen-bond donors (Lipinski definition) is 0. The monoisotopic (exact) mass is 294 g/mol. The zero-order valence-electron chi connectivity index (χ0n) is 11.8. The summed E-state index contributed by atoms with van der Waals surface area (Å²) in [6.07, 6.45) is 0.795. The van der Waals surface area contributed by atoms with E-state index in [1.807, 2.05) is 48.5 Å². The molecule has 22 heavy (non-hydrogen) atoms. The standard InChI is InChI=1S/C16H14N4O2/c1-3-8-14-12(6-1)16-17-19-20(18-16)13-7-2-4-9-15(13)22-11-5-10-21-14/h1-4,6-9H,5,10-11H2. The van der Waals surface area contributed by atoms with E-state index in [9.17, 15) is 0 Å². The fourth-order valence-corrected chi connectivity index (χ4v) is 2.37. The van der Waals surface area contributed by atoms with Crippen LogP contribution in [0.25, 0.3) is 17.1 Å². The second-order valence-corrected chi connectivity index (χ2v) is 4.92. The minimum absolute atomic E-state index is 0.533. The SMILES string of the molecule is c1ccc2c(c1)OCCCOc1ccccc1-n1nnc-2n1. The van der Waals surface area contributed by atoms with Gasteiger partial charge in [0.05, 0.1) is 18.8 Å². The Kier molecular flexibility index (Phi) is 3.19. The summed E-state index contributed by atoms with van der Waals surface area (Å²) in [4.78, 5) is 1.49. The quantitative estimate of drug-likeness (QED) is 0.637. The molecule has 0 spiro atoms. The van der Waals surface area contributed by atoms with Crippen LogP contribution in [0.15, 0.2) is 48.5 Å². The highest BCUT2D eigenvalue weighted by Crippen LogP contribution is 2.28. The van der Waals surface area contributed by atoms with E-state index in [0.29, 0.717) is 19.0 Å². The zero-order valence-corrected chi connectivity index (χ0v) is 11.8. The van der Waals surface area contributed by atoms with E-state index in [4.69, 9.17) is 9.47 Å². The molecule has 1 aliphatic rings. The Morgan fingerprint density at radius 2 is 1.59 bits per heavy atom. The lowest BCUT2D eigenvalue weighted by Gasteiger charge is -2.12. The summed E-state index contributed by atoms with van der Waals surface area (Å²) in [6, 6.07) is 15.4. The summed E-state index contributed by atoms with van der Waals surface area (Å²) in [5, 5.41) is 12.8. The van der Waals surface area contributed by atoms with E-state index in [1.165, 1.54) is 4.80 Å². The molecule has 0 fully saturated rings. The molecule has 0 saturated carbocycles. The van der Waals surface area contributed by atoms with Gasteiger partial charge in [-0.15, -0.1) is 15.0 Å². The average molecular weight is 294 g/mol. The molecule has 0 N–H and O–H groups in total. The van der Waals surface area contributed by atoms with Gasteiger partial charge in [0.1, 0.15) is 17.2 Å². The van der Waals surface area contributed by atoms with Crippen molar-refractivity contribution in [2.24, 2.45) is 0 Å². The summed E-state index contributed by atoms with van der Waals surface area (Å²) >= 11 is 0. The minimum atomic E-state index is 0.533. The van der Waals surface area contributed by atoms with Crippen molar-refractivity contribution >= 4 is 0 Å². The molecule has 0 aliphatic carbocycles. The van der Waals surface area contributed by atoms with Crippen LogP contribution in [-0.2, 0) is 0 Å². The molecule has 0 unspecified atom stereocenters. The molecule has 6 nitrogen and oxygen atoms in total. The molecule has 4 rings (SSSR count). The van der Waals surface area contributed by atoms with Crippen molar-refractivity contribution in [3.63, 3.8) is 0 Å². The van der Waals surface area contributed by atoms with Crippen molar-refractivity contribution in [3.8, 4) is 28.6 Å². The first kappa shape index (κ1) is 12.8. The molecular weight excluding hydrogens is 280 g/mol. The van der Waals surface area contributed by atoms with Gasteiger partial charge in [-0.2, -0.15) is 0 Å². The second-order valence-electron chi connectivity index (χ2n) is 4.92. The highest BCUT2D eigenvalue weighted by atomic mass is 16.5. The van der Waals surface area contributed by atoms with Crippen molar-refractivity contribution in [3.05, 3.63) is 48.5 Å². The Morgan fingerprint density at radius 3 is 2.50 bits per heavy atom. The zero-order chi connectivity index (χ0) is 14.8. The van der Waals surface area contributed by atoms with Gasteiger partial charge < -0.3 is 9.47 Å². The van der Waals surface area contributed by atoms with Gasteiger partial charge in [0, 0.05) is 6.42 Å². The third-order valence-electron chi connectivity index (χ3n) is 3.43. The molecule has 110 valence electrons. The van der Waals surface area contributed by atoms with E-state index in [-0.39, 0.29) is 0 Å². The van der Waals surface area contributed by atoms with Crippen molar-refractivity contribution in [1.82, 2.24) is 20.2 Å². The lowest BCUT2D eigenvalue weighted by atomic mass is 10.2. The van der Waals surface area contributed by atoms with E-state index in [1.54, 1.807) is 0 Å². The molecule has 0 radical (unpaired) electrons. The van der Waals surface area contributed by atoms with Crippen LogP contribution in [0.2, 0.25) is 0 Å². The summed E-state index contributed by atoms with van der Waals surface area (Å²) < 4.78 is 11.6. The van der Waals surface area contributed by atoms with Gasteiger partial charge in [0.2, 0.25) is 5.82 Å². The first-order valence-electron chi connectivity index (χ1n) is 7.16. The van der Waals surface area contributed by atoms with Gasteiger partial charge in [-0.25, -0.2) is 0 Å². The van der Waals surface area contributed by atoms with Gasteiger partial charge in [0.15, 0.2) is 0 Å². The maximum atomic E-state index is 5.82. The number of para-hydroxylation sites is 3. The largest absolute Gasteiger partial charge is 0.493 e. The molecule has 2 heterocycles. The number of ether oxygens (including phenoxy) is 2. The molecule has 0 atom stereocenters. The van der Waals surface area contributed by atoms with Crippen LogP contribution < -0.4 is 9.47 Å². The third-order valence-corrected chi connectivity index (χ3v) is 3.43. The third kappa shape index (κ3) is 2.28. The number of tetrazole rings is 1. The minimum Gasteiger partial charge on any atom is -0.493 e.